The molecule has 2 rings (SSSR count). The zero-order valence-corrected chi connectivity index (χ0v) is 12.9. The first kappa shape index (κ1) is 15.7. The van der Waals surface area contributed by atoms with Crippen LogP contribution in [0.5, 0.6) is 0 Å². The summed E-state index contributed by atoms with van der Waals surface area (Å²) in [5.74, 6) is -0.313. The van der Waals surface area contributed by atoms with Crippen molar-refractivity contribution in [1.29, 1.82) is 0 Å². The van der Waals surface area contributed by atoms with Crippen LogP contribution in [0.25, 0.3) is 0 Å². The minimum Gasteiger partial charge on any atom is -0.469 e. The third-order valence-electron chi connectivity index (χ3n) is 4.20. The number of piperazine rings is 1. The lowest BCUT2D eigenvalue weighted by molar-refractivity contribution is -0.140. The largest absolute Gasteiger partial charge is 0.469 e. The van der Waals surface area contributed by atoms with Crippen molar-refractivity contribution in [1.82, 2.24) is 9.21 Å². The number of fused-ring (bicyclic) bond motifs is 1. The highest BCUT2D eigenvalue weighted by molar-refractivity contribution is 7.89. The summed E-state index contributed by atoms with van der Waals surface area (Å²) in [4.78, 5) is 13.4. The summed E-state index contributed by atoms with van der Waals surface area (Å²) in [5.41, 5.74) is 0. The van der Waals surface area contributed by atoms with Gasteiger partial charge in [0.1, 0.15) is 0 Å². The molecular formula is C13H24N2O4S. The van der Waals surface area contributed by atoms with E-state index < -0.39 is 10.0 Å². The summed E-state index contributed by atoms with van der Waals surface area (Å²) in [6.07, 6.45) is 4.01. The number of ether oxygens (including phenoxy) is 1. The van der Waals surface area contributed by atoms with Crippen LogP contribution in [0.1, 0.15) is 32.1 Å². The van der Waals surface area contributed by atoms with Crippen molar-refractivity contribution >= 4 is 16.0 Å². The van der Waals surface area contributed by atoms with E-state index in [2.05, 4.69) is 9.64 Å². The van der Waals surface area contributed by atoms with E-state index in [1.165, 1.54) is 20.0 Å². The number of hydrogen-bond donors (Lipinski definition) is 0. The molecule has 0 saturated carbocycles. The maximum Gasteiger partial charge on any atom is 0.305 e. The number of esters is 1. The Bertz CT molecular complexity index is 438. The van der Waals surface area contributed by atoms with Gasteiger partial charge in [-0.1, -0.05) is 6.42 Å². The molecule has 0 spiro atoms. The van der Waals surface area contributed by atoms with Gasteiger partial charge in [0, 0.05) is 32.1 Å². The minimum atomic E-state index is -3.24. The molecule has 7 heteroatoms. The Morgan fingerprint density at radius 2 is 2.05 bits per heavy atom. The minimum absolute atomic E-state index is 0.0365. The molecule has 2 fully saturated rings. The van der Waals surface area contributed by atoms with E-state index in [1.807, 2.05) is 0 Å². The van der Waals surface area contributed by atoms with Gasteiger partial charge in [0.2, 0.25) is 10.0 Å². The zero-order chi connectivity index (χ0) is 14.6. The van der Waals surface area contributed by atoms with Crippen molar-refractivity contribution in [2.75, 3.05) is 39.0 Å². The second-order valence-corrected chi connectivity index (χ2v) is 7.63. The van der Waals surface area contributed by atoms with Gasteiger partial charge in [-0.3, -0.25) is 9.69 Å². The lowest BCUT2D eigenvalue weighted by Crippen LogP contribution is -2.56. The van der Waals surface area contributed by atoms with E-state index in [0.717, 1.165) is 19.5 Å². The van der Waals surface area contributed by atoms with Crippen LogP contribution in [0.2, 0.25) is 0 Å². The number of rotatable bonds is 5. The normalized spacial score (nSPS) is 25.1. The molecule has 2 aliphatic rings. The smallest absolute Gasteiger partial charge is 0.305 e. The summed E-state index contributed by atoms with van der Waals surface area (Å²) in [7, 11) is -1.92. The molecule has 0 N–H and O–H groups in total. The van der Waals surface area contributed by atoms with Gasteiger partial charge >= 0.3 is 5.97 Å². The Morgan fingerprint density at radius 3 is 2.80 bits per heavy atom. The second-order valence-electron chi connectivity index (χ2n) is 5.54. The fourth-order valence-corrected chi connectivity index (χ4v) is 4.54. The first-order chi connectivity index (χ1) is 9.53. The van der Waals surface area contributed by atoms with Crippen LogP contribution < -0.4 is 0 Å². The van der Waals surface area contributed by atoms with Gasteiger partial charge in [-0.25, -0.2) is 8.42 Å². The van der Waals surface area contributed by atoms with Gasteiger partial charge in [-0.15, -0.1) is 0 Å². The molecule has 2 saturated heterocycles. The molecule has 0 radical (unpaired) electrons. The van der Waals surface area contributed by atoms with E-state index in [-0.39, 0.29) is 18.1 Å². The number of carbonyl (C=O) groups excluding carboxylic acids is 1. The van der Waals surface area contributed by atoms with E-state index in [0.29, 0.717) is 25.6 Å². The average Bonchev–Trinajstić information content (AvgIpc) is 2.46. The van der Waals surface area contributed by atoms with E-state index in [1.54, 1.807) is 4.31 Å². The molecule has 6 nitrogen and oxygen atoms in total. The molecule has 0 aromatic carbocycles. The Hall–Kier alpha value is -0.660. The van der Waals surface area contributed by atoms with Gasteiger partial charge in [0.05, 0.1) is 12.9 Å². The van der Waals surface area contributed by atoms with Gasteiger partial charge < -0.3 is 4.74 Å². The van der Waals surface area contributed by atoms with Crippen molar-refractivity contribution < 1.29 is 17.9 Å². The Labute approximate surface area is 121 Å². The van der Waals surface area contributed by atoms with E-state index >= 15 is 0 Å². The quantitative estimate of drug-likeness (QED) is 0.690. The number of methoxy groups -OCH3 is 1. The van der Waals surface area contributed by atoms with Gasteiger partial charge in [0.15, 0.2) is 0 Å². The summed E-state index contributed by atoms with van der Waals surface area (Å²) in [6.45, 7) is 3.12. The van der Waals surface area contributed by atoms with Crippen LogP contribution in [0.15, 0.2) is 0 Å². The van der Waals surface area contributed by atoms with Crippen LogP contribution in [0, 0.1) is 0 Å². The number of nitrogens with zero attached hydrogens (tertiary/aromatic N) is 2. The van der Waals surface area contributed by atoms with E-state index in [4.69, 9.17) is 0 Å². The lowest BCUT2D eigenvalue weighted by Gasteiger charge is -2.43. The summed E-state index contributed by atoms with van der Waals surface area (Å²) in [5, 5.41) is 0. The fourth-order valence-electron chi connectivity index (χ4n) is 3.01. The van der Waals surface area contributed by atoms with Crippen molar-refractivity contribution in [2.24, 2.45) is 0 Å². The second kappa shape index (κ2) is 6.87. The number of sulfonamides is 1. The zero-order valence-electron chi connectivity index (χ0n) is 12.1. The summed E-state index contributed by atoms with van der Waals surface area (Å²) < 4.78 is 30.7. The van der Waals surface area contributed by atoms with Crippen LogP contribution in [0.3, 0.4) is 0 Å². The highest BCUT2D eigenvalue weighted by Crippen LogP contribution is 2.22. The summed E-state index contributed by atoms with van der Waals surface area (Å²) in [6, 6.07) is 0.382. The third-order valence-corrected chi connectivity index (χ3v) is 6.13. The highest BCUT2D eigenvalue weighted by Gasteiger charge is 2.33. The lowest BCUT2D eigenvalue weighted by atomic mass is 10.0. The Morgan fingerprint density at radius 1 is 1.25 bits per heavy atom. The molecule has 2 aliphatic heterocycles. The van der Waals surface area contributed by atoms with Gasteiger partial charge in [-0.2, -0.15) is 4.31 Å². The van der Waals surface area contributed by atoms with Crippen LogP contribution in [-0.2, 0) is 19.6 Å². The van der Waals surface area contributed by atoms with Gasteiger partial charge in [0.25, 0.3) is 0 Å². The molecule has 0 aliphatic carbocycles. The standard InChI is InChI=1S/C13H24N2O4S/c1-19-13(16)6-4-10-20(17,18)15-9-8-14-7-3-2-5-12(14)11-15/h12H,2-11H2,1H3. The predicted octanol–water partition coefficient (Wildman–Crippen LogP) is 0.440. The van der Waals surface area contributed by atoms with Gasteiger partial charge in [-0.05, 0) is 25.8 Å². The van der Waals surface area contributed by atoms with Crippen LogP contribution in [0.4, 0.5) is 0 Å². The number of hydrogen-bond acceptors (Lipinski definition) is 5. The van der Waals surface area contributed by atoms with Crippen molar-refractivity contribution in [3.8, 4) is 0 Å². The molecule has 2 heterocycles. The first-order valence-corrected chi connectivity index (χ1v) is 8.92. The SMILES string of the molecule is COC(=O)CCCS(=O)(=O)N1CCN2CCCCC2C1. The molecular weight excluding hydrogens is 280 g/mol. The van der Waals surface area contributed by atoms with Crippen LogP contribution >= 0.6 is 0 Å². The maximum atomic E-state index is 12.3. The topological polar surface area (TPSA) is 66.9 Å². The maximum absolute atomic E-state index is 12.3. The molecule has 20 heavy (non-hydrogen) atoms. The summed E-state index contributed by atoms with van der Waals surface area (Å²) >= 11 is 0. The molecule has 0 bridgehead atoms. The van der Waals surface area contributed by atoms with Crippen molar-refractivity contribution in [3.63, 3.8) is 0 Å². The Balaban J connectivity index is 1.85. The molecule has 116 valence electrons. The first-order valence-electron chi connectivity index (χ1n) is 7.31. The predicted molar refractivity (Wildman–Crippen MR) is 75.8 cm³/mol. The Kier molecular flexibility index (Phi) is 5.40. The number of carbonyl (C=O) groups is 1. The monoisotopic (exact) mass is 304 g/mol. The number of piperidine rings is 1. The molecule has 0 aromatic rings. The fraction of sp³-hybridized carbons (Fsp3) is 0.923. The average molecular weight is 304 g/mol. The molecule has 0 amide bonds. The van der Waals surface area contributed by atoms with Crippen molar-refractivity contribution in [2.45, 2.75) is 38.1 Å². The molecule has 1 atom stereocenters. The van der Waals surface area contributed by atoms with E-state index in [9.17, 15) is 13.2 Å². The molecule has 1 unspecified atom stereocenters. The van der Waals surface area contributed by atoms with Crippen LogP contribution in [-0.4, -0.2) is 68.7 Å². The molecule has 0 aromatic heterocycles. The third kappa shape index (κ3) is 3.93. The highest BCUT2D eigenvalue weighted by atomic mass is 32.2. The van der Waals surface area contributed by atoms with Crippen molar-refractivity contribution in [3.05, 3.63) is 0 Å².